The van der Waals surface area contributed by atoms with Crippen LogP contribution in [0.25, 0.3) is 0 Å². The van der Waals surface area contributed by atoms with E-state index in [-0.39, 0.29) is 18.8 Å². The Morgan fingerprint density at radius 1 is 1.00 bits per heavy atom. The van der Waals surface area contributed by atoms with E-state index in [1.165, 1.54) is 0 Å². The molecule has 0 spiro atoms. The van der Waals surface area contributed by atoms with Crippen molar-refractivity contribution < 1.29 is 34.5 Å². The molecule has 3 atom stereocenters. The van der Waals surface area contributed by atoms with Crippen LogP contribution in [0.2, 0.25) is 0 Å². The van der Waals surface area contributed by atoms with Crippen molar-refractivity contribution in [3.8, 4) is 0 Å². The molecule has 0 saturated carbocycles. The fraction of sp³-hybridized carbons (Fsp3) is 0.714. The monoisotopic (exact) mass is 347 g/mol. The van der Waals surface area contributed by atoms with Gasteiger partial charge in [0.2, 0.25) is 11.8 Å². The summed E-state index contributed by atoms with van der Waals surface area (Å²) < 4.78 is 0. The second-order valence-corrected chi connectivity index (χ2v) is 5.81. The second kappa shape index (κ2) is 10.6. The Balaban J connectivity index is 4.97. The van der Waals surface area contributed by atoms with Crippen molar-refractivity contribution in [1.29, 1.82) is 0 Å². The van der Waals surface area contributed by atoms with Crippen molar-refractivity contribution in [3.63, 3.8) is 0 Å². The number of aliphatic hydroxyl groups is 1. The molecule has 7 N–H and O–H groups in total. The molecule has 0 fully saturated rings. The van der Waals surface area contributed by atoms with Crippen LogP contribution in [0.5, 0.6) is 0 Å². The van der Waals surface area contributed by atoms with E-state index in [2.05, 4.69) is 10.6 Å². The minimum atomic E-state index is -1.38. The molecular weight excluding hydrogens is 322 g/mol. The predicted octanol–water partition coefficient (Wildman–Crippen LogP) is -1.73. The van der Waals surface area contributed by atoms with E-state index in [0.29, 0.717) is 0 Å². The first-order valence-electron chi connectivity index (χ1n) is 7.50. The van der Waals surface area contributed by atoms with Crippen LogP contribution in [-0.2, 0) is 19.2 Å². The van der Waals surface area contributed by atoms with Crippen LogP contribution >= 0.6 is 0 Å². The molecule has 0 aromatic heterocycles. The normalized spacial score (nSPS) is 14.5. The summed E-state index contributed by atoms with van der Waals surface area (Å²) >= 11 is 0. The van der Waals surface area contributed by atoms with Crippen molar-refractivity contribution in [1.82, 2.24) is 10.6 Å². The third-order valence-corrected chi connectivity index (χ3v) is 3.14. The van der Waals surface area contributed by atoms with Crippen LogP contribution < -0.4 is 16.4 Å². The number of aliphatic hydroxyl groups excluding tert-OH is 1. The maximum absolute atomic E-state index is 12.2. The number of amides is 2. The number of hydrogen-bond donors (Lipinski definition) is 6. The molecule has 0 aliphatic carbocycles. The third kappa shape index (κ3) is 8.44. The average molecular weight is 347 g/mol. The van der Waals surface area contributed by atoms with Crippen molar-refractivity contribution in [2.75, 3.05) is 6.61 Å². The SMILES string of the molecule is CC(C)C[C@H](NC(=O)[C@@H](N)CO)C(=O)N[C@@H](CCC(=O)O)C(=O)O. The molecule has 0 aromatic rings. The third-order valence-electron chi connectivity index (χ3n) is 3.14. The van der Waals surface area contributed by atoms with Crippen LogP contribution in [0.15, 0.2) is 0 Å². The predicted molar refractivity (Wildman–Crippen MR) is 82.9 cm³/mol. The highest BCUT2D eigenvalue weighted by Crippen LogP contribution is 2.07. The fourth-order valence-corrected chi connectivity index (χ4v) is 1.86. The molecule has 10 heteroatoms. The zero-order valence-electron chi connectivity index (χ0n) is 13.7. The number of carboxylic acid groups (broad SMARTS) is 2. The van der Waals surface area contributed by atoms with Gasteiger partial charge in [-0.15, -0.1) is 0 Å². The zero-order chi connectivity index (χ0) is 18.9. The van der Waals surface area contributed by atoms with E-state index < -0.39 is 54.9 Å². The maximum Gasteiger partial charge on any atom is 0.326 e. The number of rotatable bonds is 11. The Labute approximate surface area is 139 Å². The van der Waals surface area contributed by atoms with Crippen LogP contribution in [0.3, 0.4) is 0 Å². The molecule has 2 amide bonds. The summed E-state index contributed by atoms with van der Waals surface area (Å²) in [6.07, 6.45) is -0.482. The number of nitrogens with one attached hydrogen (secondary N) is 2. The van der Waals surface area contributed by atoms with Gasteiger partial charge < -0.3 is 31.7 Å². The van der Waals surface area contributed by atoms with E-state index in [1.54, 1.807) is 13.8 Å². The molecule has 0 saturated heterocycles. The molecule has 0 rings (SSSR count). The molecule has 0 aromatic carbocycles. The molecule has 0 heterocycles. The lowest BCUT2D eigenvalue weighted by molar-refractivity contribution is -0.143. The fourth-order valence-electron chi connectivity index (χ4n) is 1.86. The van der Waals surface area contributed by atoms with E-state index in [9.17, 15) is 19.2 Å². The van der Waals surface area contributed by atoms with Gasteiger partial charge >= 0.3 is 11.9 Å². The lowest BCUT2D eigenvalue weighted by Crippen LogP contribution is -2.55. The first-order valence-corrected chi connectivity index (χ1v) is 7.50. The number of hydrogen-bond acceptors (Lipinski definition) is 6. The zero-order valence-corrected chi connectivity index (χ0v) is 13.7. The van der Waals surface area contributed by atoms with E-state index in [1.807, 2.05) is 0 Å². The lowest BCUT2D eigenvalue weighted by Gasteiger charge is -2.23. The van der Waals surface area contributed by atoms with Crippen LogP contribution in [0.1, 0.15) is 33.1 Å². The van der Waals surface area contributed by atoms with Gasteiger partial charge in [0.05, 0.1) is 6.61 Å². The van der Waals surface area contributed by atoms with Gasteiger partial charge in [0, 0.05) is 6.42 Å². The smallest absolute Gasteiger partial charge is 0.326 e. The minimum Gasteiger partial charge on any atom is -0.481 e. The van der Waals surface area contributed by atoms with Crippen LogP contribution in [0, 0.1) is 5.92 Å². The Bertz CT molecular complexity index is 467. The average Bonchev–Trinajstić information content (AvgIpc) is 2.48. The van der Waals surface area contributed by atoms with Gasteiger partial charge in [0.1, 0.15) is 18.1 Å². The molecule has 0 unspecified atom stereocenters. The first kappa shape index (κ1) is 21.8. The van der Waals surface area contributed by atoms with E-state index in [4.69, 9.17) is 21.1 Å². The first-order chi connectivity index (χ1) is 11.1. The summed E-state index contributed by atoms with van der Waals surface area (Å²) in [7, 11) is 0. The summed E-state index contributed by atoms with van der Waals surface area (Å²) in [4.78, 5) is 45.6. The maximum atomic E-state index is 12.2. The number of aliphatic carboxylic acids is 2. The molecule has 138 valence electrons. The van der Waals surface area contributed by atoms with Gasteiger partial charge in [-0.25, -0.2) is 4.79 Å². The molecule has 0 radical (unpaired) electrons. The summed E-state index contributed by atoms with van der Waals surface area (Å²) in [6, 6.07) is -3.62. The van der Waals surface area contributed by atoms with Gasteiger partial charge in [0.15, 0.2) is 0 Å². The van der Waals surface area contributed by atoms with Gasteiger partial charge in [-0.1, -0.05) is 13.8 Å². The van der Waals surface area contributed by atoms with Crippen LogP contribution in [0.4, 0.5) is 0 Å². The van der Waals surface area contributed by atoms with E-state index >= 15 is 0 Å². The molecule has 0 aliphatic heterocycles. The Morgan fingerprint density at radius 2 is 1.54 bits per heavy atom. The quantitative estimate of drug-likeness (QED) is 0.255. The largest absolute Gasteiger partial charge is 0.481 e. The number of carboxylic acids is 2. The number of carbonyl (C=O) groups is 4. The van der Waals surface area contributed by atoms with Crippen molar-refractivity contribution >= 4 is 23.8 Å². The standard InChI is InChI=1S/C14H25N3O7/c1-7(2)5-10(17-12(21)8(15)6-18)13(22)16-9(14(23)24)3-4-11(19)20/h7-10,18H,3-6,15H2,1-2H3,(H,16,22)(H,17,21)(H,19,20)(H,23,24)/t8-,9-,10-/m0/s1. The number of carbonyl (C=O) groups excluding carboxylic acids is 2. The van der Waals surface area contributed by atoms with Gasteiger partial charge in [-0.2, -0.15) is 0 Å². The summed E-state index contributed by atoms with van der Waals surface area (Å²) in [6.45, 7) is 3.01. The molecule has 0 bridgehead atoms. The second-order valence-electron chi connectivity index (χ2n) is 5.81. The highest BCUT2D eigenvalue weighted by Gasteiger charge is 2.28. The summed E-state index contributed by atoms with van der Waals surface area (Å²) in [5.41, 5.74) is 5.37. The molecule has 24 heavy (non-hydrogen) atoms. The Morgan fingerprint density at radius 3 is 1.96 bits per heavy atom. The molecular formula is C14H25N3O7. The molecule has 10 nitrogen and oxygen atoms in total. The van der Waals surface area contributed by atoms with Gasteiger partial charge in [0.25, 0.3) is 0 Å². The van der Waals surface area contributed by atoms with Gasteiger partial charge in [-0.3, -0.25) is 14.4 Å². The minimum absolute atomic E-state index is 0.00805. The highest BCUT2D eigenvalue weighted by molar-refractivity contribution is 5.91. The lowest BCUT2D eigenvalue weighted by atomic mass is 10.0. The summed E-state index contributed by atoms with van der Waals surface area (Å²) in [5, 5.41) is 31.1. The van der Waals surface area contributed by atoms with Crippen LogP contribution in [-0.4, -0.2) is 63.8 Å². The topological polar surface area (TPSA) is 179 Å². The van der Waals surface area contributed by atoms with Gasteiger partial charge in [-0.05, 0) is 18.8 Å². The highest BCUT2D eigenvalue weighted by atomic mass is 16.4. The Hall–Kier alpha value is -2.20. The van der Waals surface area contributed by atoms with Crippen molar-refractivity contribution in [3.05, 3.63) is 0 Å². The summed E-state index contributed by atoms with van der Waals surface area (Å²) in [5.74, 6) is -4.04. The molecule has 0 aliphatic rings. The van der Waals surface area contributed by atoms with E-state index in [0.717, 1.165) is 0 Å². The number of nitrogens with two attached hydrogens (primary N) is 1. The Kier molecular flexibility index (Phi) is 9.58. The van der Waals surface area contributed by atoms with Crippen molar-refractivity contribution in [2.24, 2.45) is 11.7 Å². The van der Waals surface area contributed by atoms with Crippen molar-refractivity contribution in [2.45, 2.75) is 51.2 Å².